The third-order valence-corrected chi connectivity index (χ3v) is 3.92. The molecule has 0 saturated heterocycles. The predicted molar refractivity (Wildman–Crippen MR) is 83.2 cm³/mol. The van der Waals surface area contributed by atoms with Gasteiger partial charge in [-0.1, -0.05) is 45.7 Å². The lowest BCUT2D eigenvalue weighted by Gasteiger charge is -2.08. The molecule has 0 aliphatic heterocycles. The van der Waals surface area contributed by atoms with Crippen LogP contribution in [0.4, 0.5) is 0 Å². The monoisotopic (exact) mass is 265 g/mol. The summed E-state index contributed by atoms with van der Waals surface area (Å²) in [5.74, 6) is 1.97. The van der Waals surface area contributed by atoms with Gasteiger partial charge in [-0.3, -0.25) is 0 Å². The molecule has 1 rings (SSSR count). The fraction of sp³-hybridized carbons (Fsp3) is 0.625. The molecule has 1 N–H and O–H groups in total. The fourth-order valence-corrected chi connectivity index (χ4v) is 2.66. The molecule has 0 bridgehead atoms. The zero-order valence-corrected chi connectivity index (χ0v) is 12.9. The first-order valence-corrected chi connectivity index (χ1v) is 8.13. The molecule has 0 atom stereocenters. The van der Waals surface area contributed by atoms with Crippen molar-refractivity contribution in [1.29, 1.82) is 0 Å². The topological polar surface area (TPSA) is 12.0 Å². The quantitative estimate of drug-likeness (QED) is 0.512. The maximum absolute atomic E-state index is 3.47. The van der Waals surface area contributed by atoms with Crippen molar-refractivity contribution >= 4 is 11.8 Å². The second kappa shape index (κ2) is 9.46. The molecule has 0 fully saturated rings. The molecular formula is C16H27NS. The smallest absolute Gasteiger partial charge is 0.0205 e. The lowest BCUT2D eigenvalue weighted by atomic mass is 10.2. The first-order valence-electron chi connectivity index (χ1n) is 7.14. The standard InChI is InChI=1S/C16H27NS/c1-4-5-6-11-18-16-9-7-15(8-10-16)13-17-12-14(2)3/h7-10,14,17H,4-6,11-13H2,1-3H3. The van der Waals surface area contributed by atoms with Crippen molar-refractivity contribution in [3.8, 4) is 0 Å². The summed E-state index contributed by atoms with van der Waals surface area (Å²) >= 11 is 1.98. The van der Waals surface area contributed by atoms with E-state index < -0.39 is 0 Å². The highest BCUT2D eigenvalue weighted by Gasteiger charge is 1.97. The Morgan fingerprint density at radius 1 is 1.11 bits per heavy atom. The second-order valence-electron chi connectivity index (χ2n) is 5.22. The number of benzene rings is 1. The molecule has 1 nitrogen and oxygen atoms in total. The van der Waals surface area contributed by atoms with E-state index in [2.05, 4.69) is 50.4 Å². The number of rotatable bonds is 9. The van der Waals surface area contributed by atoms with E-state index in [1.165, 1.54) is 35.5 Å². The fourth-order valence-electron chi connectivity index (χ4n) is 1.75. The zero-order chi connectivity index (χ0) is 13.2. The van der Waals surface area contributed by atoms with Crippen LogP contribution in [-0.4, -0.2) is 12.3 Å². The van der Waals surface area contributed by atoms with Gasteiger partial charge in [0, 0.05) is 11.4 Å². The van der Waals surface area contributed by atoms with Gasteiger partial charge in [0.05, 0.1) is 0 Å². The van der Waals surface area contributed by atoms with Crippen LogP contribution in [0.5, 0.6) is 0 Å². The van der Waals surface area contributed by atoms with Crippen LogP contribution in [0.1, 0.15) is 45.6 Å². The van der Waals surface area contributed by atoms with Gasteiger partial charge >= 0.3 is 0 Å². The third kappa shape index (κ3) is 7.07. The molecule has 0 spiro atoms. The maximum Gasteiger partial charge on any atom is 0.0205 e. The van der Waals surface area contributed by atoms with Gasteiger partial charge in [-0.25, -0.2) is 0 Å². The van der Waals surface area contributed by atoms with Gasteiger partial charge in [-0.2, -0.15) is 0 Å². The number of hydrogen-bond donors (Lipinski definition) is 1. The summed E-state index contributed by atoms with van der Waals surface area (Å²) in [6, 6.07) is 9.00. The van der Waals surface area contributed by atoms with Gasteiger partial charge < -0.3 is 5.32 Å². The molecule has 0 amide bonds. The summed E-state index contributed by atoms with van der Waals surface area (Å²) in [6.45, 7) is 8.81. The molecule has 0 aromatic heterocycles. The molecule has 0 heterocycles. The van der Waals surface area contributed by atoms with Crippen LogP contribution < -0.4 is 5.32 Å². The van der Waals surface area contributed by atoms with E-state index in [0.717, 1.165) is 19.0 Å². The van der Waals surface area contributed by atoms with E-state index in [1.807, 2.05) is 11.8 Å². The van der Waals surface area contributed by atoms with E-state index in [-0.39, 0.29) is 0 Å². The summed E-state index contributed by atoms with van der Waals surface area (Å²) in [7, 11) is 0. The van der Waals surface area contributed by atoms with Gasteiger partial charge in [0.25, 0.3) is 0 Å². The molecule has 0 aliphatic carbocycles. The first kappa shape index (κ1) is 15.6. The Kier molecular flexibility index (Phi) is 8.19. The molecule has 18 heavy (non-hydrogen) atoms. The van der Waals surface area contributed by atoms with Crippen LogP contribution in [0.2, 0.25) is 0 Å². The van der Waals surface area contributed by atoms with Crippen molar-refractivity contribution < 1.29 is 0 Å². The summed E-state index contributed by atoms with van der Waals surface area (Å²) in [5, 5.41) is 3.47. The summed E-state index contributed by atoms with van der Waals surface area (Å²) < 4.78 is 0. The maximum atomic E-state index is 3.47. The van der Waals surface area contributed by atoms with Crippen molar-refractivity contribution in [3.63, 3.8) is 0 Å². The summed E-state index contributed by atoms with van der Waals surface area (Å²) in [6.07, 6.45) is 3.99. The normalized spacial score (nSPS) is 11.1. The molecule has 0 unspecified atom stereocenters. The minimum Gasteiger partial charge on any atom is -0.312 e. The number of nitrogens with one attached hydrogen (secondary N) is 1. The Morgan fingerprint density at radius 3 is 2.44 bits per heavy atom. The van der Waals surface area contributed by atoms with Crippen LogP contribution in [0.25, 0.3) is 0 Å². The van der Waals surface area contributed by atoms with E-state index in [9.17, 15) is 0 Å². The number of thioether (sulfide) groups is 1. The van der Waals surface area contributed by atoms with Gasteiger partial charge in [-0.15, -0.1) is 11.8 Å². The lowest BCUT2D eigenvalue weighted by Crippen LogP contribution is -2.18. The summed E-state index contributed by atoms with van der Waals surface area (Å²) in [4.78, 5) is 1.40. The molecule has 1 aromatic carbocycles. The van der Waals surface area contributed by atoms with E-state index >= 15 is 0 Å². The van der Waals surface area contributed by atoms with Gasteiger partial charge in [-0.05, 0) is 42.3 Å². The molecule has 102 valence electrons. The molecule has 2 heteroatoms. The Morgan fingerprint density at radius 2 is 1.83 bits per heavy atom. The minimum absolute atomic E-state index is 0.721. The minimum atomic E-state index is 0.721. The highest BCUT2D eigenvalue weighted by molar-refractivity contribution is 7.99. The second-order valence-corrected chi connectivity index (χ2v) is 6.39. The van der Waals surface area contributed by atoms with E-state index in [1.54, 1.807) is 0 Å². The van der Waals surface area contributed by atoms with Crippen LogP contribution in [0.3, 0.4) is 0 Å². The van der Waals surface area contributed by atoms with Gasteiger partial charge in [0.2, 0.25) is 0 Å². The predicted octanol–water partition coefficient (Wildman–Crippen LogP) is 4.71. The Hall–Kier alpha value is -0.470. The Bertz CT molecular complexity index is 305. The van der Waals surface area contributed by atoms with E-state index in [0.29, 0.717) is 0 Å². The van der Waals surface area contributed by atoms with Crippen molar-refractivity contribution in [1.82, 2.24) is 5.32 Å². The van der Waals surface area contributed by atoms with Crippen molar-refractivity contribution in [2.24, 2.45) is 5.92 Å². The van der Waals surface area contributed by atoms with Crippen molar-refractivity contribution in [3.05, 3.63) is 29.8 Å². The molecule has 0 aliphatic rings. The van der Waals surface area contributed by atoms with Crippen LogP contribution in [0, 0.1) is 5.92 Å². The highest BCUT2D eigenvalue weighted by atomic mass is 32.2. The van der Waals surface area contributed by atoms with E-state index in [4.69, 9.17) is 0 Å². The van der Waals surface area contributed by atoms with Gasteiger partial charge in [0.15, 0.2) is 0 Å². The highest BCUT2D eigenvalue weighted by Crippen LogP contribution is 2.20. The average molecular weight is 265 g/mol. The molecule has 0 saturated carbocycles. The SMILES string of the molecule is CCCCCSc1ccc(CNCC(C)C)cc1. The average Bonchev–Trinajstić information content (AvgIpc) is 2.36. The Labute approximate surface area is 117 Å². The van der Waals surface area contributed by atoms with Gasteiger partial charge in [0.1, 0.15) is 0 Å². The molecular weight excluding hydrogens is 238 g/mol. The van der Waals surface area contributed by atoms with Crippen LogP contribution in [-0.2, 0) is 6.54 Å². The lowest BCUT2D eigenvalue weighted by molar-refractivity contribution is 0.552. The van der Waals surface area contributed by atoms with Crippen molar-refractivity contribution in [2.75, 3.05) is 12.3 Å². The largest absolute Gasteiger partial charge is 0.312 e. The summed E-state index contributed by atoms with van der Waals surface area (Å²) in [5.41, 5.74) is 1.38. The zero-order valence-electron chi connectivity index (χ0n) is 12.0. The first-order chi connectivity index (χ1) is 8.72. The Balaban J connectivity index is 2.24. The van der Waals surface area contributed by atoms with Crippen molar-refractivity contribution in [2.45, 2.75) is 51.5 Å². The third-order valence-electron chi connectivity index (χ3n) is 2.82. The number of unbranched alkanes of at least 4 members (excludes halogenated alkanes) is 2. The molecule has 0 radical (unpaired) electrons. The van der Waals surface area contributed by atoms with Crippen LogP contribution >= 0.6 is 11.8 Å². The number of hydrogen-bond acceptors (Lipinski definition) is 2. The van der Waals surface area contributed by atoms with Crippen LogP contribution in [0.15, 0.2) is 29.2 Å². The molecule has 1 aromatic rings.